The normalized spacial score (nSPS) is 11.1. The van der Waals surface area contributed by atoms with Crippen LogP contribution in [0.5, 0.6) is 0 Å². The molecular weight excluding hydrogens is 380 g/mol. The van der Waals surface area contributed by atoms with E-state index in [2.05, 4.69) is 4.98 Å². The molecule has 1 amide bonds. The van der Waals surface area contributed by atoms with Crippen molar-refractivity contribution in [1.29, 1.82) is 0 Å². The van der Waals surface area contributed by atoms with Gasteiger partial charge in [0, 0.05) is 5.02 Å². The number of furan rings is 1. The van der Waals surface area contributed by atoms with Crippen molar-refractivity contribution in [3.05, 3.63) is 82.3 Å². The summed E-state index contributed by atoms with van der Waals surface area (Å²) in [5, 5.41) is 1.29. The van der Waals surface area contributed by atoms with Crippen molar-refractivity contribution in [3.63, 3.8) is 0 Å². The van der Waals surface area contributed by atoms with E-state index in [0.717, 1.165) is 15.8 Å². The average Bonchev–Trinajstić information content (AvgIpc) is 3.22. The van der Waals surface area contributed by atoms with Gasteiger partial charge in [0.05, 0.1) is 22.3 Å². The monoisotopic (exact) mass is 396 g/mol. The fourth-order valence-electron chi connectivity index (χ4n) is 2.98. The number of carbonyl (C=O) groups excluding carboxylic acids is 1. The molecule has 136 valence electrons. The Bertz CT molecular complexity index is 1120. The van der Waals surface area contributed by atoms with Gasteiger partial charge in [0.2, 0.25) is 0 Å². The van der Waals surface area contributed by atoms with Gasteiger partial charge in [-0.05, 0) is 43.7 Å². The van der Waals surface area contributed by atoms with Gasteiger partial charge in [-0.2, -0.15) is 0 Å². The molecule has 4 nitrogen and oxygen atoms in total. The first-order valence-corrected chi connectivity index (χ1v) is 9.69. The summed E-state index contributed by atoms with van der Waals surface area (Å²) in [7, 11) is 0. The van der Waals surface area contributed by atoms with E-state index in [-0.39, 0.29) is 5.91 Å². The zero-order valence-corrected chi connectivity index (χ0v) is 16.5. The highest BCUT2D eigenvalue weighted by molar-refractivity contribution is 7.22. The Kier molecular flexibility index (Phi) is 4.72. The van der Waals surface area contributed by atoms with Gasteiger partial charge < -0.3 is 4.42 Å². The second-order valence-corrected chi connectivity index (χ2v) is 7.76. The number of aromatic nitrogens is 1. The van der Waals surface area contributed by atoms with Gasteiger partial charge in [0.15, 0.2) is 5.13 Å². The zero-order valence-electron chi connectivity index (χ0n) is 14.9. The van der Waals surface area contributed by atoms with Crippen molar-refractivity contribution < 1.29 is 9.21 Å². The number of thiazole rings is 1. The lowest BCUT2D eigenvalue weighted by Gasteiger charge is -2.19. The standard InChI is InChI=1S/C21H17ClN2O2S/c1-13-10-17(14(2)26-13)20(25)24(12-15-6-4-3-5-7-15)21-23-18-9-8-16(22)11-19(18)27-21/h3-11H,12H2,1-2H3. The molecule has 0 aliphatic carbocycles. The molecule has 4 aromatic rings. The van der Waals surface area contributed by atoms with Gasteiger partial charge in [-0.15, -0.1) is 0 Å². The molecule has 0 radical (unpaired) electrons. The minimum atomic E-state index is -0.127. The Balaban J connectivity index is 1.79. The minimum Gasteiger partial charge on any atom is -0.466 e. The van der Waals surface area contributed by atoms with Crippen LogP contribution in [0, 0.1) is 13.8 Å². The molecule has 0 aliphatic rings. The molecular formula is C21H17ClN2O2S. The molecule has 0 N–H and O–H groups in total. The summed E-state index contributed by atoms with van der Waals surface area (Å²) >= 11 is 7.56. The van der Waals surface area contributed by atoms with Crippen molar-refractivity contribution in [2.75, 3.05) is 4.90 Å². The number of anilines is 1. The van der Waals surface area contributed by atoms with Crippen LogP contribution in [-0.2, 0) is 6.54 Å². The van der Waals surface area contributed by atoms with E-state index < -0.39 is 0 Å². The Hall–Kier alpha value is -2.63. The summed E-state index contributed by atoms with van der Waals surface area (Å²) in [6.07, 6.45) is 0. The molecule has 0 fully saturated rings. The summed E-state index contributed by atoms with van der Waals surface area (Å²) in [5.74, 6) is 1.20. The molecule has 0 unspecified atom stereocenters. The van der Waals surface area contributed by atoms with Gasteiger partial charge in [0.25, 0.3) is 5.91 Å². The fraction of sp³-hybridized carbons (Fsp3) is 0.143. The number of carbonyl (C=O) groups is 1. The van der Waals surface area contributed by atoms with Gasteiger partial charge >= 0.3 is 0 Å². The van der Waals surface area contributed by atoms with Gasteiger partial charge in [0.1, 0.15) is 11.5 Å². The lowest BCUT2D eigenvalue weighted by Crippen LogP contribution is -2.30. The quantitative estimate of drug-likeness (QED) is 0.424. The van der Waals surface area contributed by atoms with Crippen molar-refractivity contribution >= 4 is 44.2 Å². The maximum atomic E-state index is 13.3. The van der Waals surface area contributed by atoms with E-state index in [0.29, 0.717) is 33.8 Å². The van der Waals surface area contributed by atoms with E-state index in [1.165, 1.54) is 11.3 Å². The Morgan fingerprint density at radius 1 is 1.15 bits per heavy atom. The van der Waals surface area contributed by atoms with Crippen LogP contribution < -0.4 is 4.90 Å². The van der Waals surface area contributed by atoms with Crippen LogP contribution in [0.3, 0.4) is 0 Å². The third-order valence-corrected chi connectivity index (χ3v) is 5.55. The Morgan fingerprint density at radius 2 is 1.93 bits per heavy atom. The summed E-state index contributed by atoms with van der Waals surface area (Å²) in [4.78, 5) is 19.7. The molecule has 4 rings (SSSR count). The van der Waals surface area contributed by atoms with Crippen molar-refractivity contribution in [3.8, 4) is 0 Å². The highest BCUT2D eigenvalue weighted by atomic mass is 35.5. The van der Waals surface area contributed by atoms with Crippen molar-refractivity contribution in [1.82, 2.24) is 4.98 Å². The van der Waals surface area contributed by atoms with Crippen LogP contribution in [0.2, 0.25) is 5.02 Å². The van der Waals surface area contributed by atoms with Crippen LogP contribution in [-0.4, -0.2) is 10.9 Å². The maximum absolute atomic E-state index is 13.3. The number of aryl methyl sites for hydroxylation is 2. The highest BCUT2D eigenvalue weighted by Crippen LogP contribution is 2.33. The fourth-order valence-corrected chi connectivity index (χ4v) is 4.22. The Labute approximate surface area is 166 Å². The predicted molar refractivity (Wildman–Crippen MR) is 110 cm³/mol. The summed E-state index contributed by atoms with van der Waals surface area (Å²) in [5.41, 5.74) is 2.41. The molecule has 2 aromatic carbocycles. The lowest BCUT2D eigenvalue weighted by molar-refractivity contribution is 0.0983. The van der Waals surface area contributed by atoms with Crippen molar-refractivity contribution in [2.45, 2.75) is 20.4 Å². The van der Waals surface area contributed by atoms with Gasteiger partial charge in [-0.3, -0.25) is 9.69 Å². The van der Waals surface area contributed by atoms with E-state index in [9.17, 15) is 4.79 Å². The summed E-state index contributed by atoms with van der Waals surface area (Å²) in [6, 6.07) is 17.2. The SMILES string of the molecule is Cc1cc(C(=O)N(Cc2ccccc2)c2nc3ccc(Cl)cc3s2)c(C)o1. The number of halogens is 1. The molecule has 0 aliphatic heterocycles. The van der Waals surface area contributed by atoms with Gasteiger partial charge in [-0.25, -0.2) is 4.98 Å². The highest BCUT2D eigenvalue weighted by Gasteiger charge is 2.25. The van der Waals surface area contributed by atoms with E-state index in [1.807, 2.05) is 49.4 Å². The summed E-state index contributed by atoms with van der Waals surface area (Å²) < 4.78 is 6.51. The Morgan fingerprint density at radius 3 is 2.63 bits per heavy atom. The average molecular weight is 397 g/mol. The third kappa shape index (κ3) is 3.61. The zero-order chi connectivity index (χ0) is 19.0. The number of nitrogens with zero attached hydrogens (tertiary/aromatic N) is 2. The van der Waals surface area contributed by atoms with Crippen LogP contribution >= 0.6 is 22.9 Å². The van der Waals surface area contributed by atoms with E-state index >= 15 is 0 Å². The molecule has 2 heterocycles. The lowest BCUT2D eigenvalue weighted by atomic mass is 10.2. The summed E-state index contributed by atoms with van der Waals surface area (Å²) in [6.45, 7) is 4.07. The first kappa shape index (κ1) is 17.8. The van der Waals surface area contributed by atoms with Crippen LogP contribution in [0.15, 0.2) is 59.0 Å². The second kappa shape index (κ2) is 7.18. The second-order valence-electron chi connectivity index (χ2n) is 6.31. The van der Waals surface area contributed by atoms with E-state index in [4.69, 9.17) is 16.0 Å². The topological polar surface area (TPSA) is 46.3 Å². The minimum absolute atomic E-state index is 0.127. The number of hydrogen-bond donors (Lipinski definition) is 0. The molecule has 0 saturated carbocycles. The number of benzene rings is 2. The first-order chi connectivity index (χ1) is 13.0. The van der Waals surface area contributed by atoms with E-state index in [1.54, 1.807) is 24.0 Å². The third-order valence-electron chi connectivity index (χ3n) is 4.27. The molecule has 2 aromatic heterocycles. The van der Waals surface area contributed by atoms with Crippen LogP contribution in [0.1, 0.15) is 27.4 Å². The molecule has 0 atom stereocenters. The van der Waals surface area contributed by atoms with Crippen LogP contribution in [0.4, 0.5) is 5.13 Å². The number of rotatable bonds is 4. The molecule has 0 saturated heterocycles. The van der Waals surface area contributed by atoms with Gasteiger partial charge in [-0.1, -0.05) is 53.3 Å². The van der Waals surface area contributed by atoms with Crippen LogP contribution in [0.25, 0.3) is 10.2 Å². The number of amides is 1. The van der Waals surface area contributed by atoms with Crippen molar-refractivity contribution in [2.24, 2.45) is 0 Å². The smallest absolute Gasteiger partial charge is 0.263 e. The first-order valence-electron chi connectivity index (χ1n) is 8.50. The maximum Gasteiger partial charge on any atom is 0.263 e. The molecule has 0 spiro atoms. The number of hydrogen-bond acceptors (Lipinski definition) is 4. The molecule has 6 heteroatoms. The number of fused-ring (bicyclic) bond motifs is 1. The molecule has 27 heavy (non-hydrogen) atoms. The predicted octanol–water partition coefficient (Wildman–Crippen LogP) is 6.01. The largest absolute Gasteiger partial charge is 0.466 e. The molecule has 0 bridgehead atoms.